The van der Waals surface area contributed by atoms with Crippen molar-refractivity contribution in [2.75, 3.05) is 29.9 Å². The largest absolute Gasteiger partial charge is 0.444 e. The summed E-state index contributed by atoms with van der Waals surface area (Å²) in [6.45, 7) is 9.18. The predicted octanol–water partition coefficient (Wildman–Crippen LogP) is 2.76. The highest BCUT2D eigenvalue weighted by atomic mass is 16.6. The zero-order chi connectivity index (χ0) is 24.3. The van der Waals surface area contributed by atoms with Gasteiger partial charge in [-0.05, 0) is 45.9 Å². The predicted molar refractivity (Wildman–Crippen MR) is 126 cm³/mol. The number of anilines is 2. The number of nitrogens with one attached hydrogen (secondary N) is 1. The average Bonchev–Trinajstić information content (AvgIpc) is 3.34. The molecule has 0 spiro atoms. The lowest BCUT2D eigenvalue weighted by atomic mass is 10.2. The molecule has 34 heavy (non-hydrogen) atoms. The van der Waals surface area contributed by atoms with Crippen LogP contribution < -0.4 is 10.2 Å². The molecule has 11 nitrogen and oxygen atoms in total. The lowest BCUT2D eigenvalue weighted by Crippen LogP contribution is -2.55. The van der Waals surface area contributed by atoms with E-state index in [0.29, 0.717) is 42.7 Å². The third kappa shape index (κ3) is 5.48. The van der Waals surface area contributed by atoms with Gasteiger partial charge in [-0.25, -0.2) is 24.4 Å². The van der Waals surface area contributed by atoms with E-state index in [0.717, 1.165) is 0 Å². The van der Waals surface area contributed by atoms with Crippen molar-refractivity contribution in [3.05, 3.63) is 54.7 Å². The van der Waals surface area contributed by atoms with Gasteiger partial charge in [0.25, 0.3) is 5.91 Å². The first-order valence-electron chi connectivity index (χ1n) is 11.0. The topological polar surface area (TPSA) is 118 Å². The van der Waals surface area contributed by atoms with Crippen molar-refractivity contribution in [2.45, 2.75) is 39.3 Å². The molecule has 0 aromatic carbocycles. The van der Waals surface area contributed by atoms with Crippen LogP contribution in [-0.4, -0.2) is 72.9 Å². The molecule has 1 N–H and O–H groups in total. The van der Waals surface area contributed by atoms with Gasteiger partial charge in [0.15, 0.2) is 5.82 Å². The molecule has 0 radical (unpaired) electrons. The van der Waals surface area contributed by atoms with Gasteiger partial charge < -0.3 is 19.9 Å². The van der Waals surface area contributed by atoms with Gasteiger partial charge in [-0.1, -0.05) is 0 Å². The number of piperazine rings is 1. The van der Waals surface area contributed by atoms with Crippen LogP contribution in [0, 0.1) is 0 Å². The van der Waals surface area contributed by atoms with E-state index in [4.69, 9.17) is 4.74 Å². The van der Waals surface area contributed by atoms with E-state index < -0.39 is 5.60 Å². The number of hydrogen-bond donors (Lipinski definition) is 1. The maximum Gasteiger partial charge on any atom is 0.410 e. The van der Waals surface area contributed by atoms with Crippen LogP contribution in [0.25, 0.3) is 5.82 Å². The first-order chi connectivity index (χ1) is 16.2. The SMILES string of the molecule is C[C@H]1CN(C(=O)OC(C)(C)C)CCN1c1ncc(NC(=O)c2ccc(-n3cccn3)nc2)cn1. The molecular formula is C23H28N8O3. The van der Waals surface area contributed by atoms with Gasteiger partial charge in [-0.15, -0.1) is 0 Å². The van der Waals surface area contributed by atoms with Crippen molar-refractivity contribution >= 4 is 23.6 Å². The summed E-state index contributed by atoms with van der Waals surface area (Å²) < 4.78 is 7.08. The van der Waals surface area contributed by atoms with Crippen LogP contribution in [0.4, 0.5) is 16.4 Å². The van der Waals surface area contributed by atoms with Crippen molar-refractivity contribution < 1.29 is 14.3 Å². The van der Waals surface area contributed by atoms with Crippen molar-refractivity contribution in [3.8, 4) is 5.82 Å². The summed E-state index contributed by atoms with van der Waals surface area (Å²) in [7, 11) is 0. The summed E-state index contributed by atoms with van der Waals surface area (Å²) in [6.07, 6.45) is 7.75. The zero-order valence-electron chi connectivity index (χ0n) is 19.7. The zero-order valence-corrected chi connectivity index (χ0v) is 19.7. The Morgan fingerprint density at radius 2 is 1.85 bits per heavy atom. The lowest BCUT2D eigenvalue weighted by Gasteiger charge is -2.40. The molecule has 1 fully saturated rings. The summed E-state index contributed by atoms with van der Waals surface area (Å²) in [5.41, 5.74) is 0.357. The molecule has 4 heterocycles. The van der Waals surface area contributed by atoms with Crippen molar-refractivity contribution in [1.82, 2.24) is 29.6 Å². The summed E-state index contributed by atoms with van der Waals surface area (Å²) in [6, 6.07) is 5.22. The maximum atomic E-state index is 12.6. The molecule has 3 aromatic heterocycles. The molecule has 1 atom stereocenters. The number of carbonyl (C=O) groups excluding carboxylic acids is 2. The van der Waals surface area contributed by atoms with E-state index in [1.54, 1.807) is 52.6 Å². The number of hydrogen-bond acceptors (Lipinski definition) is 8. The fourth-order valence-electron chi connectivity index (χ4n) is 3.54. The molecule has 11 heteroatoms. The van der Waals surface area contributed by atoms with Gasteiger partial charge in [-0.2, -0.15) is 5.10 Å². The summed E-state index contributed by atoms with van der Waals surface area (Å²) >= 11 is 0. The standard InChI is InChI=1S/C23H28N8O3/c1-16-15-29(22(33)34-23(2,3)4)10-11-30(16)21-25-13-18(14-26-21)28-20(32)17-6-7-19(24-12-17)31-9-5-8-27-31/h5-9,12-14,16H,10-11,15H2,1-4H3,(H,28,32)/t16-/m0/s1. The van der Waals surface area contributed by atoms with Crippen LogP contribution in [0.3, 0.4) is 0 Å². The Kier molecular flexibility index (Phi) is 6.44. The molecule has 1 aliphatic rings. The first-order valence-corrected chi connectivity index (χ1v) is 11.0. The summed E-state index contributed by atoms with van der Waals surface area (Å²) in [4.78, 5) is 41.7. The number of aromatic nitrogens is 5. The Balaban J connectivity index is 1.34. The van der Waals surface area contributed by atoms with Gasteiger partial charge in [0.1, 0.15) is 5.60 Å². The molecule has 1 saturated heterocycles. The third-order valence-electron chi connectivity index (χ3n) is 5.18. The quantitative estimate of drug-likeness (QED) is 0.626. The van der Waals surface area contributed by atoms with Crippen LogP contribution in [0.2, 0.25) is 0 Å². The number of pyridine rings is 1. The smallest absolute Gasteiger partial charge is 0.410 e. The molecule has 0 saturated carbocycles. The Bertz CT molecular complexity index is 1120. The number of ether oxygens (including phenoxy) is 1. The summed E-state index contributed by atoms with van der Waals surface area (Å²) in [5.74, 6) is 0.852. The first kappa shape index (κ1) is 23.1. The second-order valence-electron chi connectivity index (χ2n) is 9.05. The molecular weight excluding hydrogens is 436 g/mol. The Labute approximate surface area is 197 Å². The van der Waals surface area contributed by atoms with Crippen LogP contribution in [-0.2, 0) is 4.74 Å². The molecule has 0 aliphatic carbocycles. The van der Waals surface area contributed by atoms with E-state index in [2.05, 4.69) is 25.4 Å². The highest BCUT2D eigenvalue weighted by molar-refractivity contribution is 6.03. The lowest BCUT2D eigenvalue weighted by molar-refractivity contribution is 0.0218. The number of rotatable bonds is 4. The average molecular weight is 465 g/mol. The Hall–Kier alpha value is -4.02. The minimum atomic E-state index is -0.529. The van der Waals surface area contributed by atoms with E-state index in [9.17, 15) is 9.59 Å². The van der Waals surface area contributed by atoms with Gasteiger partial charge >= 0.3 is 6.09 Å². The highest BCUT2D eigenvalue weighted by Crippen LogP contribution is 2.19. The van der Waals surface area contributed by atoms with Crippen LogP contribution in [0.5, 0.6) is 0 Å². The van der Waals surface area contributed by atoms with E-state index in [1.807, 2.05) is 32.6 Å². The highest BCUT2D eigenvalue weighted by Gasteiger charge is 2.30. The van der Waals surface area contributed by atoms with E-state index >= 15 is 0 Å². The minimum Gasteiger partial charge on any atom is -0.444 e. The molecule has 4 rings (SSSR count). The van der Waals surface area contributed by atoms with Crippen LogP contribution in [0.15, 0.2) is 49.2 Å². The molecule has 0 bridgehead atoms. The van der Waals surface area contributed by atoms with Crippen molar-refractivity contribution in [2.24, 2.45) is 0 Å². The Morgan fingerprint density at radius 1 is 1.09 bits per heavy atom. The van der Waals surface area contributed by atoms with Crippen molar-refractivity contribution in [1.29, 1.82) is 0 Å². The fraction of sp³-hybridized carbons (Fsp3) is 0.391. The molecule has 3 aromatic rings. The van der Waals surface area contributed by atoms with Gasteiger partial charge in [0.05, 0.1) is 23.6 Å². The molecule has 1 aliphatic heterocycles. The normalized spacial score (nSPS) is 16.3. The molecule has 178 valence electrons. The van der Waals surface area contributed by atoms with Gasteiger partial charge in [0.2, 0.25) is 5.95 Å². The number of carbonyl (C=O) groups is 2. The second-order valence-corrected chi connectivity index (χ2v) is 9.05. The van der Waals surface area contributed by atoms with E-state index in [-0.39, 0.29) is 18.0 Å². The van der Waals surface area contributed by atoms with Crippen molar-refractivity contribution in [3.63, 3.8) is 0 Å². The minimum absolute atomic E-state index is 0.0149. The number of nitrogens with zero attached hydrogens (tertiary/aromatic N) is 7. The molecule has 0 unspecified atom stereocenters. The van der Waals surface area contributed by atoms with Gasteiger partial charge in [0, 0.05) is 44.3 Å². The second kappa shape index (κ2) is 9.46. The monoisotopic (exact) mass is 464 g/mol. The Morgan fingerprint density at radius 3 is 2.44 bits per heavy atom. The van der Waals surface area contributed by atoms with Gasteiger partial charge in [-0.3, -0.25) is 4.79 Å². The van der Waals surface area contributed by atoms with Crippen LogP contribution >= 0.6 is 0 Å². The van der Waals surface area contributed by atoms with E-state index in [1.165, 1.54) is 6.20 Å². The maximum absolute atomic E-state index is 12.6. The third-order valence-corrected chi connectivity index (χ3v) is 5.18. The number of amides is 2. The molecule has 2 amide bonds. The summed E-state index contributed by atoms with van der Waals surface area (Å²) in [5, 5.41) is 6.90. The fourth-order valence-corrected chi connectivity index (χ4v) is 3.54. The van der Waals surface area contributed by atoms with Crippen LogP contribution in [0.1, 0.15) is 38.1 Å².